The Morgan fingerprint density at radius 2 is 1.88 bits per heavy atom. The van der Waals surface area contributed by atoms with Gasteiger partial charge in [0.15, 0.2) is 5.78 Å². The van der Waals surface area contributed by atoms with Gasteiger partial charge >= 0.3 is 0 Å². The molecule has 1 aromatic carbocycles. The van der Waals surface area contributed by atoms with E-state index < -0.39 is 0 Å². The molecule has 2 aromatic heterocycles. The average Bonchev–Trinajstić information content (AvgIpc) is 3.15. The number of pyridine rings is 1. The molecule has 120 valence electrons. The number of rotatable bonds is 6. The Kier molecular flexibility index (Phi) is 5.13. The quantitative estimate of drug-likeness (QED) is 0.701. The molecule has 2 heterocycles. The van der Waals surface area contributed by atoms with Crippen LogP contribution in [0.5, 0.6) is 0 Å². The summed E-state index contributed by atoms with van der Waals surface area (Å²) in [6.45, 7) is 0.464. The third-order valence-corrected chi connectivity index (χ3v) is 4.42. The highest BCUT2D eigenvalue weighted by Gasteiger charge is 2.11. The molecule has 1 amide bonds. The molecule has 0 aliphatic carbocycles. The first-order chi connectivity index (χ1) is 11.7. The van der Waals surface area contributed by atoms with Crippen LogP contribution in [0.15, 0.2) is 66.2 Å². The second kappa shape index (κ2) is 7.66. The fourth-order valence-electron chi connectivity index (χ4n) is 2.29. The highest BCUT2D eigenvalue weighted by molar-refractivity contribution is 7.12. The van der Waals surface area contributed by atoms with E-state index in [4.69, 9.17) is 0 Å². The largest absolute Gasteiger partial charge is 0.348 e. The predicted molar refractivity (Wildman–Crippen MR) is 94.2 cm³/mol. The van der Waals surface area contributed by atoms with Gasteiger partial charge in [0, 0.05) is 24.0 Å². The molecule has 0 atom stereocenters. The number of nitrogens with one attached hydrogen (secondary N) is 1. The van der Waals surface area contributed by atoms with Crippen molar-refractivity contribution in [2.24, 2.45) is 0 Å². The molecule has 5 heteroatoms. The molecule has 0 saturated carbocycles. The number of aromatic nitrogens is 1. The number of ketones is 1. The Morgan fingerprint density at radius 3 is 2.62 bits per heavy atom. The zero-order valence-electron chi connectivity index (χ0n) is 12.9. The van der Waals surface area contributed by atoms with Crippen LogP contribution in [0.4, 0.5) is 0 Å². The van der Waals surface area contributed by atoms with Crippen molar-refractivity contribution in [3.05, 3.63) is 87.9 Å². The Bertz CT molecular complexity index is 830. The van der Waals surface area contributed by atoms with Crippen molar-refractivity contribution < 1.29 is 9.59 Å². The second-order valence-electron chi connectivity index (χ2n) is 5.28. The van der Waals surface area contributed by atoms with E-state index in [9.17, 15) is 9.59 Å². The van der Waals surface area contributed by atoms with E-state index in [1.165, 1.54) is 11.3 Å². The van der Waals surface area contributed by atoms with Gasteiger partial charge in [-0.2, -0.15) is 0 Å². The summed E-state index contributed by atoms with van der Waals surface area (Å²) in [5.74, 6) is -0.162. The van der Waals surface area contributed by atoms with E-state index in [2.05, 4.69) is 10.3 Å². The zero-order valence-corrected chi connectivity index (χ0v) is 13.8. The average molecular weight is 336 g/mol. The van der Waals surface area contributed by atoms with Crippen molar-refractivity contribution in [2.45, 2.75) is 13.0 Å². The third-order valence-electron chi connectivity index (χ3n) is 3.51. The molecule has 0 aliphatic rings. The zero-order chi connectivity index (χ0) is 16.8. The van der Waals surface area contributed by atoms with Crippen molar-refractivity contribution in [1.82, 2.24) is 10.3 Å². The molecule has 1 N–H and O–H groups in total. The highest BCUT2D eigenvalue weighted by Crippen LogP contribution is 2.13. The van der Waals surface area contributed by atoms with Gasteiger partial charge < -0.3 is 5.32 Å². The van der Waals surface area contributed by atoms with Crippen molar-refractivity contribution in [3.63, 3.8) is 0 Å². The number of thiophene rings is 1. The van der Waals surface area contributed by atoms with Gasteiger partial charge in [0.2, 0.25) is 0 Å². The van der Waals surface area contributed by atoms with Gasteiger partial charge in [-0.3, -0.25) is 14.6 Å². The summed E-state index contributed by atoms with van der Waals surface area (Å²) in [5.41, 5.74) is 2.14. The van der Waals surface area contributed by atoms with Crippen molar-refractivity contribution in [1.29, 1.82) is 0 Å². The number of benzene rings is 1. The maximum Gasteiger partial charge on any atom is 0.251 e. The SMILES string of the molecule is O=C(NCc1ccccc1)c1ccnc(CC(=O)c2cccs2)c1. The maximum absolute atomic E-state index is 12.3. The first-order valence-electron chi connectivity index (χ1n) is 7.56. The number of carbonyl (C=O) groups excluding carboxylic acids is 2. The van der Waals surface area contributed by atoms with E-state index >= 15 is 0 Å². The van der Waals surface area contributed by atoms with Crippen LogP contribution in [0.1, 0.15) is 31.3 Å². The molecule has 0 radical (unpaired) electrons. The van der Waals surface area contributed by atoms with Gasteiger partial charge in [0.05, 0.1) is 11.3 Å². The van der Waals surface area contributed by atoms with Crippen LogP contribution in [0.3, 0.4) is 0 Å². The second-order valence-corrected chi connectivity index (χ2v) is 6.23. The first kappa shape index (κ1) is 16.1. The smallest absolute Gasteiger partial charge is 0.251 e. The molecule has 0 bridgehead atoms. The van der Waals surface area contributed by atoms with Gasteiger partial charge in [0.25, 0.3) is 5.91 Å². The van der Waals surface area contributed by atoms with Gasteiger partial charge in [-0.25, -0.2) is 0 Å². The maximum atomic E-state index is 12.3. The number of hydrogen-bond acceptors (Lipinski definition) is 4. The third kappa shape index (κ3) is 4.14. The highest BCUT2D eigenvalue weighted by atomic mass is 32.1. The van der Waals surface area contributed by atoms with Crippen molar-refractivity contribution in [3.8, 4) is 0 Å². The minimum absolute atomic E-state index is 0.0133. The standard InChI is InChI=1S/C19H16N2O2S/c22-17(18-7-4-10-24-18)12-16-11-15(8-9-20-16)19(23)21-13-14-5-2-1-3-6-14/h1-11H,12-13H2,(H,21,23). The molecule has 0 fully saturated rings. The molecule has 3 aromatic rings. The number of carbonyl (C=O) groups is 2. The van der Waals surface area contributed by atoms with Crippen molar-refractivity contribution in [2.75, 3.05) is 0 Å². The van der Waals surface area contributed by atoms with E-state index in [0.29, 0.717) is 22.7 Å². The molecule has 0 saturated heterocycles. The minimum atomic E-state index is -0.175. The van der Waals surface area contributed by atoms with Crippen LogP contribution >= 0.6 is 11.3 Å². The van der Waals surface area contributed by atoms with Crippen LogP contribution < -0.4 is 5.32 Å². The van der Waals surface area contributed by atoms with Gasteiger partial charge in [0.1, 0.15) is 0 Å². The molecular formula is C19H16N2O2S. The fraction of sp³-hybridized carbons (Fsp3) is 0.105. The lowest BCUT2D eigenvalue weighted by molar-refractivity contribution is 0.0947. The van der Waals surface area contributed by atoms with E-state index in [1.54, 1.807) is 24.4 Å². The summed E-state index contributed by atoms with van der Waals surface area (Å²) in [6.07, 6.45) is 1.76. The molecule has 4 nitrogen and oxygen atoms in total. The van der Waals surface area contributed by atoms with Gasteiger partial charge in [-0.15, -0.1) is 11.3 Å². The van der Waals surface area contributed by atoms with Crippen molar-refractivity contribution >= 4 is 23.0 Å². The van der Waals surface area contributed by atoms with E-state index in [-0.39, 0.29) is 18.1 Å². The van der Waals surface area contributed by atoms with Crippen LogP contribution in [-0.2, 0) is 13.0 Å². The van der Waals surface area contributed by atoms with Crippen LogP contribution in [0.25, 0.3) is 0 Å². The molecule has 3 rings (SSSR count). The number of hydrogen-bond donors (Lipinski definition) is 1. The Morgan fingerprint density at radius 1 is 1.04 bits per heavy atom. The van der Waals surface area contributed by atoms with Gasteiger partial charge in [-0.1, -0.05) is 36.4 Å². The van der Waals surface area contributed by atoms with Gasteiger partial charge in [-0.05, 0) is 29.1 Å². The number of Topliss-reactive ketones (excluding diaryl/α,β-unsaturated/α-hetero) is 1. The summed E-state index contributed by atoms with van der Waals surface area (Å²) in [5, 5.41) is 4.74. The molecule has 0 unspecified atom stereocenters. The summed E-state index contributed by atoms with van der Waals surface area (Å²) in [6, 6.07) is 16.7. The van der Waals surface area contributed by atoms with Crippen LogP contribution in [0, 0.1) is 0 Å². The summed E-state index contributed by atoms with van der Waals surface area (Å²) >= 11 is 1.41. The molecular weight excluding hydrogens is 320 g/mol. The lowest BCUT2D eigenvalue weighted by atomic mass is 10.1. The lowest BCUT2D eigenvalue weighted by Crippen LogP contribution is -2.23. The fourth-order valence-corrected chi connectivity index (χ4v) is 2.95. The van der Waals surface area contributed by atoms with Crippen LogP contribution in [-0.4, -0.2) is 16.7 Å². The minimum Gasteiger partial charge on any atom is -0.348 e. The molecule has 24 heavy (non-hydrogen) atoms. The monoisotopic (exact) mass is 336 g/mol. The Labute approximate surface area is 144 Å². The number of amides is 1. The molecule has 0 aliphatic heterocycles. The predicted octanol–water partition coefficient (Wildman–Crippen LogP) is 3.50. The van der Waals surface area contributed by atoms with Crippen LogP contribution in [0.2, 0.25) is 0 Å². The Hall–Kier alpha value is -2.79. The topological polar surface area (TPSA) is 59.1 Å². The lowest BCUT2D eigenvalue weighted by Gasteiger charge is -2.06. The first-order valence-corrected chi connectivity index (χ1v) is 8.44. The van der Waals surface area contributed by atoms with E-state index in [1.807, 2.05) is 41.8 Å². The number of nitrogens with zero attached hydrogens (tertiary/aromatic N) is 1. The Balaban J connectivity index is 1.64. The summed E-state index contributed by atoms with van der Waals surface area (Å²) < 4.78 is 0. The normalized spacial score (nSPS) is 10.3. The molecule has 0 spiro atoms. The summed E-state index contributed by atoms with van der Waals surface area (Å²) in [7, 11) is 0. The van der Waals surface area contributed by atoms with E-state index in [0.717, 1.165) is 5.56 Å². The summed E-state index contributed by atoms with van der Waals surface area (Å²) in [4.78, 5) is 29.3.